The predicted molar refractivity (Wildman–Crippen MR) is 57.8 cm³/mol. The van der Waals surface area contributed by atoms with Crippen molar-refractivity contribution in [2.75, 3.05) is 13.2 Å². The highest BCUT2D eigenvalue weighted by Crippen LogP contribution is 2.24. The molecule has 0 aromatic rings. The quantitative estimate of drug-likeness (QED) is 0.696. The van der Waals surface area contributed by atoms with Crippen LogP contribution in [0.15, 0.2) is 0 Å². The number of hydrogen-bond acceptors (Lipinski definition) is 3. The average Bonchev–Trinajstić information content (AvgIpc) is 2.61. The van der Waals surface area contributed by atoms with Crippen LogP contribution < -0.4 is 0 Å². The molecule has 1 rings (SSSR count). The molecule has 0 aromatic heterocycles. The van der Waals surface area contributed by atoms with E-state index in [0.717, 1.165) is 32.2 Å². The molecule has 4 nitrogen and oxygen atoms in total. The molecule has 1 aliphatic heterocycles. The molecule has 0 bridgehead atoms. The van der Waals surface area contributed by atoms with Crippen molar-refractivity contribution < 1.29 is 15.0 Å². The number of rotatable bonds is 6. The third-order valence-electron chi connectivity index (χ3n) is 3.15. The molecule has 1 heterocycles. The van der Waals surface area contributed by atoms with Crippen LogP contribution in [-0.2, 0) is 4.79 Å². The minimum absolute atomic E-state index is 0.119. The molecule has 0 amide bonds. The first-order valence-electron chi connectivity index (χ1n) is 5.73. The van der Waals surface area contributed by atoms with E-state index in [0.29, 0.717) is 6.04 Å². The number of carboxylic acid groups (broad SMARTS) is 1. The van der Waals surface area contributed by atoms with Crippen molar-refractivity contribution >= 4 is 5.97 Å². The minimum Gasteiger partial charge on any atom is -0.481 e. The second kappa shape index (κ2) is 6.08. The molecule has 0 aromatic carbocycles. The summed E-state index contributed by atoms with van der Waals surface area (Å²) in [6.45, 7) is 3.22. The Labute approximate surface area is 90.9 Å². The first kappa shape index (κ1) is 12.5. The maximum absolute atomic E-state index is 10.6. The van der Waals surface area contributed by atoms with Crippen LogP contribution in [0, 0.1) is 0 Å². The zero-order chi connectivity index (χ0) is 11.3. The first-order chi connectivity index (χ1) is 7.15. The lowest BCUT2D eigenvalue weighted by molar-refractivity contribution is -0.138. The van der Waals surface area contributed by atoms with Gasteiger partial charge in [-0.15, -0.1) is 0 Å². The van der Waals surface area contributed by atoms with Gasteiger partial charge in [-0.2, -0.15) is 0 Å². The van der Waals surface area contributed by atoms with E-state index < -0.39 is 5.97 Å². The fraction of sp³-hybridized carbons (Fsp3) is 0.909. The predicted octanol–water partition coefficient (Wildman–Crippen LogP) is 1.09. The molecule has 4 heteroatoms. The van der Waals surface area contributed by atoms with E-state index in [1.54, 1.807) is 0 Å². The highest BCUT2D eigenvalue weighted by Gasteiger charge is 2.28. The van der Waals surface area contributed by atoms with Gasteiger partial charge in [-0.1, -0.05) is 0 Å². The van der Waals surface area contributed by atoms with Crippen LogP contribution >= 0.6 is 0 Å². The van der Waals surface area contributed by atoms with Crippen molar-refractivity contribution in [1.82, 2.24) is 4.90 Å². The molecular formula is C11H21NO3. The lowest BCUT2D eigenvalue weighted by Gasteiger charge is -2.29. The van der Waals surface area contributed by atoms with Crippen molar-refractivity contribution in [1.29, 1.82) is 0 Å². The van der Waals surface area contributed by atoms with Crippen molar-refractivity contribution in [3.8, 4) is 0 Å². The standard InChI is InChI=1S/C11H21NO3/c1-9(8-11(14)15)12-6-2-4-10(12)5-3-7-13/h9-10,13H,2-8H2,1H3,(H,14,15). The molecule has 1 fully saturated rings. The summed E-state index contributed by atoms with van der Waals surface area (Å²) in [4.78, 5) is 12.9. The Bertz CT molecular complexity index is 208. The van der Waals surface area contributed by atoms with Gasteiger partial charge in [0, 0.05) is 18.7 Å². The van der Waals surface area contributed by atoms with Gasteiger partial charge in [0.2, 0.25) is 0 Å². The van der Waals surface area contributed by atoms with Gasteiger partial charge in [0.25, 0.3) is 0 Å². The summed E-state index contributed by atoms with van der Waals surface area (Å²) in [5.74, 6) is -0.727. The van der Waals surface area contributed by atoms with Crippen molar-refractivity contribution in [3.63, 3.8) is 0 Å². The molecule has 0 spiro atoms. The number of carboxylic acids is 1. The second-order valence-corrected chi connectivity index (χ2v) is 4.35. The van der Waals surface area contributed by atoms with Gasteiger partial charge in [0.05, 0.1) is 6.42 Å². The molecule has 0 radical (unpaired) electrons. The Kier molecular flexibility index (Phi) is 5.05. The highest BCUT2D eigenvalue weighted by atomic mass is 16.4. The topological polar surface area (TPSA) is 60.8 Å². The van der Waals surface area contributed by atoms with Gasteiger partial charge in [0.1, 0.15) is 0 Å². The Morgan fingerprint density at radius 3 is 2.93 bits per heavy atom. The Morgan fingerprint density at radius 1 is 1.60 bits per heavy atom. The van der Waals surface area contributed by atoms with Gasteiger partial charge in [-0.3, -0.25) is 9.69 Å². The number of aliphatic carboxylic acids is 1. The number of likely N-dealkylation sites (tertiary alicyclic amines) is 1. The van der Waals surface area contributed by atoms with E-state index in [2.05, 4.69) is 4.90 Å². The lowest BCUT2D eigenvalue weighted by atomic mass is 10.1. The van der Waals surface area contributed by atoms with E-state index in [1.165, 1.54) is 0 Å². The van der Waals surface area contributed by atoms with Crippen LogP contribution in [0.2, 0.25) is 0 Å². The summed E-state index contributed by atoms with van der Waals surface area (Å²) in [5, 5.41) is 17.5. The van der Waals surface area contributed by atoms with E-state index in [9.17, 15) is 4.79 Å². The van der Waals surface area contributed by atoms with Crippen molar-refractivity contribution in [3.05, 3.63) is 0 Å². The maximum atomic E-state index is 10.6. The summed E-state index contributed by atoms with van der Waals surface area (Å²) < 4.78 is 0. The summed E-state index contributed by atoms with van der Waals surface area (Å²) in [5.41, 5.74) is 0. The van der Waals surface area contributed by atoms with E-state index in [-0.39, 0.29) is 19.1 Å². The van der Waals surface area contributed by atoms with Crippen LogP contribution in [0.25, 0.3) is 0 Å². The molecule has 0 saturated carbocycles. The zero-order valence-corrected chi connectivity index (χ0v) is 9.35. The third-order valence-corrected chi connectivity index (χ3v) is 3.15. The van der Waals surface area contributed by atoms with Crippen molar-refractivity contribution in [2.45, 2.75) is 51.1 Å². The van der Waals surface area contributed by atoms with Crippen LogP contribution in [-0.4, -0.2) is 46.3 Å². The molecule has 2 unspecified atom stereocenters. The van der Waals surface area contributed by atoms with Crippen LogP contribution in [0.3, 0.4) is 0 Å². The molecule has 88 valence electrons. The summed E-state index contributed by atoms with van der Waals surface area (Å²) in [6.07, 6.45) is 4.32. The number of aliphatic hydroxyl groups excluding tert-OH is 1. The van der Waals surface area contributed by atoms with Crippen molar-refractivity contribution in [2.24, 2.45) is 0 Å². The molecule has 15 heavy (non-hydrogen) atoms. The molecule has 2 atom stereocenters. The average molecular weight is 215 g/mol. The first-order valence-corrected chi connectivity index (χ1v) is 5.73. The monoisotopic (exact) mass is 215 g/mol. The Hall–Kier alpha value is -0.610. The Morgan fingerprint density at radius 2 is 2.33 bits per heavy atom. The number of nitrogens with zero attached hydrogens (tertiary/aromatic N) is 1. The largest absolute Gasteiger partial charge is 0.481 e. The maximum Gasteiger partial charge on any atom is 0.304 e. The highest BCUT2D eigenvalue weighted by molar-refractivity contribution is 5.67. The van der Waals surface area contributed by atoms with Crippen LogP contribution in [0.4, 0.5) is 0 Å². The molecule has 2 N–H and O–H groups in total. The van der Waals surface area contributed by atoms with Crippen LogP contribution in [0.5, 0.6) is 0 Å². The fourth-order valence-electron chi connectivity index (χ4n) is 2.45. The van der Waals surface area contributed by atoms with E-state index in [1.807, 2.05) is 6.92 Å². The van der Waals surface area contributed by atoms with E-state index >= 15 is 0 Å². The van der Waals surface area contributed by atoms with Gasteiger partial charge < -0.3 is 10.2 Å². The lowest BCUT2D eigenvalue weighted by Crippen LogP contribution is -2.38. The fourth-order valence-corrected chi connectivity index (χ4v) is 2.45. The third kappa shape index (κ3) is 3.80. The van der Waals surface area contributed by atoms with Crippen LogP contribution in [0.1, 0.15) is 39.0 Å². The SMILES string of the molecule is CC(CC(=O)O)N1CCCC1CCCO. The summed E-state index contributed by atoms with van der Waals surface area (Å²) in [6, 6.07) is 0.597. The number of carbonyl (C=O) groups is 1. The molecule has 0 aliphatic carbocycles. The van der Waals surface area contributed by atoms with Gasteiger partial charge >= 0.3 is 5.97 Å². The second-order valence-electron chi connectivity index (χ2n) is 4.35. The van der Waals surface area contributed by atoms with E-state index in [4.69, 9.17) is 10.2 Å². The van der Waals surface area contributed by atoms with Gasteiger partial charge in [-0.05, 0) is 39.2 Å². The molecule has 1 aliphatic rings. The number of aliphatic hydroxyl groups is 1. The Balaban J connectivity index is 2.40. The normalized spacial score (nSPS) is 24.3. The number of hydrogen-bond donors (Lipinski definition) is 2. The summed E-state index contributed by atoms with van der Waals surface area (Å²) in [7, 11) is 0. The molecular weight excluding hydrogens is 194 g/mol. The summed E-state index contributed by atoms with van der Waals surface area (Å²) >= 11 is 0. The minimum atomic E-state index is -0.727. The van der Waals surface area contributed by atoms with Gasteiger partial charge in [0.15, 0.2) is 0 Å². The molecule has 1 saturated heterocycles. The van der Waals surface area contributed by atoms with Gasteiger partial charge in [-0.25, -0.2) is 0 Å². The zero-order valence-electron chi connectivity index (χ0n) is 9.35. The smallest absolute Gasteiger partial charge is 0.304 e.